The number of ether oxygens (including phenoxy) is 3. The molecule has 0 fully saturated rings. The van der Waals surface area contributed by atoms with Crippen molar-refractivity contribution in [3.63, 3.8) is 0 Å². The maximum atomic E-state index is 5.56. The molecule has 0 saturated heterocycles. The van der Waals surface area contributed by atoms with Crippen LogP contribution in [0.3, 0.4) is 0 Å². The summed E-state index contributed by atoms with van der Waals surface area (Å²) in [5.74, 6) is 2.86. The quantitative estimate of drug-likeness (QED) is 0.313. The minimum absolute atomic E-state index is 0. The summed E-state index contributed by atoms with van der Waals surface area (Å²) < 4.78 is 16.2. The third-order valence-corrected chi connectivity index (χ3v) is 3.82. The van der Waals surface area contributed by atoms with E-state index in [2.05, 4.69) is 20.6 Å². The van der Waals surface area contributed by atoms with Crippen molar-refractivity contribution in [1.82, 2.24) is 15.6 Å². The van der Waals surface area contributed by atoms with Crippen molar-refractivity contribution in [2.45, 2.75) is 26.9 Å². The third kappa shape index (κ3) is 7.06. The van der Waals surface area contributed by atoms with E-state index < -0.39 is 0 Å². The van der Waals surface area contributed by atoms with Crippen LogP contribution in [0, 0.1) is 0 Å². The van der Waals surface area contributed by atoms with Gasteiger partial charge < -0.3 is 24.8 Å². The van der Waals surface area contributed by atoms with Gasteiger partial charge in [0.25, 0.3) is 0 Å². The molecule has 0 unspecified atom stereocenters. The minimum atomic E-state index is 0. The molecular formula is C20H29IN4O3. The number of hydrogen-bond donors (Lipinski definition) is 2. The molecule has 0 saturated carbocycles. The highest BCUT2D eigenvalue weighted by Crippen LogP contribution is 2.24. The molecular weight excluding hydrogens is 471 g/mol. The van der Waals surface area contributed by atoms with Gasteiger partial charge in [0.2, 0.25) is 5.88 Å². The van der Waals surface area contributed by atoms with Gasteiger partial charge in [0.05, 0.1) is 27.4 Å². The zero-order chi connectivity index (χ0) is 19.5. The van der Waals surface area contributed by atoms with E-state index in [4.69, 9.17) is 14.2 Å². The molecule has 2 aromatic rings. The second-order valence-electron chi connectivity index (χ2n) is 5.63. The molecule has 0 amide bonds. The molecule has 0 spiro atoms. The Morgan fingerprint density at radius 2 is 1.89 bits per heavy atom. The summed E-state index contributed by atoms with van der Waals surface area (Å²) in [4.78, 5) is 8.90. The van der Waals surface area contributed by atoms with Crippen molar-refractivity contribution in [2.24, 2.45) is 4.99 Å². The van der Waals surface area contributed by atoms with Crippen LogP contribution in [0.5, 0.6) is 17.4 Å². The van der Waals surface area contributed by atoms with Gasteiger partial charge in [0.15, 0.2) is 5.96 Å². The fourth-order valence-corrected chi connectivity index (χ4v) is 2.49. The van der Waals surface area contributed by atoms with Gasteiger partial charge in [-0.3, -0.25) is 0 Å². The fourth-order valence-electron chi connectivity index (χ4n) is 2.49. The number of aromatic nitrogens is 1. The van der Waals surface area contributed by atoms with E-state index in [1.54, 1.807) is 20.4 Å². The number of benzene rings is 1. The number of aliphatic imine (C=N–C) groups is 1. The highest BCUT2D eigenvalue weighted by molar-refractivity contribution is 14.0. The van der Waals surface area contributed by atoms with Gasteiger partial charge >= 0.3 is 0 Å². The Kier molecular flexibility index (Phi) is 11.1. The molecule has 7 nitrogen and oxygen atoms in total. The zero-order valence-corrected chi connectivity index (χ0v) is 19.2. The molecule has 2 N–H and O–H groups in total. The van der Waals surface area contributed by atoms with Crippen molar-refractivity contribution in [3.05, 3.63) is 47.7 Å². The van der Waals surface area contributed by atoms with Crippen molar-refractivity contribution < 1.29 is 14.2 Å². The van der Waals surface area contributed by atoms with E-state index in [1.165, 1.54) is 0 Å². The van der Waals surface area contributed by atoms with Crippen LogP contribution in [0.1, 0.15) is 25.0 Å². The Morgan fingerprint density at radius 3 is 2.57 bits per heavy atom. The molecule has 0 aliphatic rings. The summed E-state index contributed by atoms with van der Waals surface area (Å²) in [5.41, 5.74) is 1.96. The average Bonchev–Trinajstić information content (AvgIpc) is 2.71. The smallest absolute Gasteiger partial charge is 0.218 e. The Hall–Kier alpha value is -2.23. The Balaban J connectivity index is 0.00000392. The van der Waals surface area contributed by atoms with E-state index in [1.807, 2.05) is 44.2 Å². The first-order valence-electron chi connectivity index (χ1n) is 9.01. The van der Waals surface area contributed by atoms with Crippen molar-refractivity contribution in [1.29, 1.82) is 0 Å². The van der Waals surface area contributed by atoms with Crippen LogP contribution in [0.15, 0.2) is 41.5 Å². The van der Waals surface area contributed by atoms with E-state index in [0.717, 1.165) is 29.2 Å². The van der Waals surface area contributed by atoms with Gasteiger partial charge in [-0.15, -0.1) is 24.0 Å². The lowest BCUT2D eigenvalue weighted by Gasteiger charge is -2.14. The number of hydrogen-bond acceptors (Lipinski definition) is 5. The molecule has 1 aromatic heterocycles. The van der Waals surface area contributed by atoms with Gasteiger partial charge in [-0.2, -0.15) is 0 Å². The molecule has 0 bridgehead atoms. The SMILES string of the molecule is CCNC(=NCc1cccnc1OCC)NCc1ccc(OC)cc1OC.I. The van der Waals surface area contributed by atoms with E-state index >= 15 is 0 Å². The van der Waals surface area contributed by atoms with E-state index in [9.17, 15) is 0 Å². The highest BCUT2D eigenvalue weighted by Gasteiger charge is 2.07. The maximum Gasteiger partial charge on any atom is 0.218 e. The summed E-state index contributed by atoms with van der Waals surface area (Å²) in [5, 5.41) is 6.57. The lowest BCUT2D eigenvalue weighted by Crippen LogP contribution is -2.36. The summed E-state index contributed by atoms with van der Waals surface area (Å²) >= 11 is 0. The monoisotopic (exact) mass is 500 g/mol. The summed E-state index contributed by atoms with van der Waals surface area (Å²) in [6.07, 6.45) is 1.72. The first-order chi connectivity index (χ1) is 13.2. The largest absolute Gasteiger partial charge is 0.497 e. The van der Waals surface area contributed by atoms with Gasteiger partial charge in [-0.1, -0.05) is 6.07 Å². The standard InChI is InChI=1S/C20H28N4O3.HI/c1-5-21-20(24-14-16-8-7-11-22-19(16)27-6-2)23-13-15-9-10-17(25-3)12-18(15)26-4;/h7-12H,5-6,13-14H2,1-4H3,(H2,21,23,24);1H. The normalized spacial score (nSPS) is 10.6. The maximum absolute atomic E-state index is 5.56. The minimum Gasteiger partial charge on any atom is -0.497 e. The van der Waals surface area contributed by atoms with Crippen molar-refractivity contribution in [2.75, 3.05) is 27.4 Å². The highest BCUT2D eigenvalue weighted by atomic mass is 127. The molecule has 0 aliphatic carbocycles. The molecule has 0 atom stereocenters. The molecule has 0 radical (unpaired) electrons. The van der Waals surface area contributed by atoms with Gasteiger partial charge in [-0.05, 0) is 32.0 Å². The summed E-state index contributed by atoms with van der Waals surface area (Å²) in [7, 11) is 3.28. The number of methoxy groups -OCH3 is 2. The molecule has 2 rings (SSSR count). The number of pyridine rings is 1. The molecule has 8 heteroatoms. The second-order valence-corrected chi connectivity index (χ2v) is 5.63. The Morgan fingerprint density at radius 1 is 1.07 bits per heavy atom. The van der Waals surface area contributed by atoms with Crippen LogP contribution in [-0.2, 0) is 13.1 Å². The second kappa shape index (κ2) is 13.0. The number of nitrogens with one attached hydrogen (secondary N) is 2. The number of halogens is 1. The molecule has 1 aromatic carbocycles. The predicted octanol–water partition coefficient (Wildman–Crippen LogP) is 3.37. The topological polar surface area (TPSA) is 77.0 Å². The van der Waals surface area contributed by atoms with Gasteiger partial charge in [-0.25, -0.2) is 9.98 Å². The lowest BCUT2D eigenvalue weighted by molar-refractivity contribution is 0.323. The zero-order valence-electron chi connectivity index (χ0n) is 16.8. The molecule has 28 heavy (non-hydrogen) atoms. The molecule has 154 valence electrons. The molecule has 1 heterocycles. The first-order valence-corrected chi connectivity index (χ1v) is 9.01. The van der Waals surface area contributed by atoms with Crippen molar-refractivity contribution in [3.8, 4) is 17.4 Å². The summed E-state index contributed by atoms with van der Waals surface area (Å²) in [6.45, 7) is 6.35. The predicted molar refractivity (Wildman–Crippen MR) is 122 cm³/mol. The average molecular weight is 500 g/mol. The number of guanidine groups is 1. The Labute approximate surface area is 183 Å². The third-order valence-electron chi connectivity index (χ3n) is 3.82. The molecule has 0 aliphatic heterocycles. The van der Waals surface area contributed by atoms with Crippen LogP contribution in [0.25, 0.3) is 0 Å². The fraction of sp³-hybridized carbons (Fsp3) is 0.400. The van der Waals surface area contributed by atoms with Crippen LogP contribution in [-0.4, -0.2) is 38.3 Å². The number of rotatable bonds is 9. The van der Waals surface area contributed by atoms with Crippen LogP contribution < -0.4 is 24.8 Å². The summed E-state index contributed by atoms with van der Waals surface area (Å²) in [6, 6.07) is 9.61. The number of nitrogens with zero attached hydrogens (tertiary/aromatic N) is 2. The first kappa shape index (κ1) is 23.8. The van der Waals surface area contributed by atoms with Crippen LogP contribution in [0.2, 0.25) is 0 Å². The van der Waals surface area contributed by atoms with E-state index in [0.29, 0.717) is 31.5 Å². The van der Waals surface area contributed by atoms with Crippen LogP contribution >= 0.6 is 24.0 Å². The lowest BCUT2D eigenvalue weighted by atomic mass is 10.2. The van der Waals surface area contributed by atoms with Gasteiger partial charge in [0, 0.05) is 36.5 Å². The Bertz CT molecular complexity index is 756. The van der Waals surface area contributed by atoms with Crippen molar-refractivity contribution >= 4 is 29.9 Å². The van der Waals surface area contributed by atoms with Crippen LogP contribution in [0.4, 0.5) is 0 Å². The van der Waals surface area contributed by atoms with E-state index in [-0.39, 0.29) is 24.0 Å². The van der Waals surface area contributed by atoms with Gasteiger partial charge in [0.1, 0.15) is 11.5 Å².